The van der Waals surface area contributed by atoms with Gasteiger partial charge in [0.1, 0.15) is 29.3 Å². The van der Waals surface area contributed by atoms with Gasteiger partial charge >= 0.3 is 6.18 Å². The molecule has 4 aromatic heterocycles. The van der Waals surface area contributed by atoms with Crippen LogP contribution in [-0.2, 0) is 18.3 Å². The number of fused-ring (bicyclic) bond motifs is 1. The minimum Gasteiger partial charge on any atom is -0.474 e. The van der Waals surface area contributed by atoms with Crippen molar-refractivity contribution in [2.24, 2.45) is 0 Å². The summed E-state index contributed by atoms with van der Waals surface area (Å²) in [7, 11) is 0. The predicted octanol–water partition coefficient (Wildman–Crippen LogP) is 5.15. The van der Waals surface area contributed by atoms with Gasteiger partial charge in [-0.15, -0.1) is 0 Å². The number of hydrogen-bond acceptors (Lipinski definition) is 8. The number of halogens is 3. The molecule has 1 aliphatic carbocycles. The molecule has 42 heavy (non-hydrogen) atoms. The molecule has 2 N–H and O–H groups in total. The van der Waals surface area contributed by atoms with Gasteiger partial charge in [-0.05, 0) is 49.9 Å². The van der Waals surface area contributed by atoms with Crippen molar-refractivity contribution in [2.45, 2.75) is 69.4 Å². The van der Waals surface area contributed by atoms with E-state index in [1.807, 2.05) is 30.1 Å². The summed E-state index contributed by atoms with van der Waals surface area (Å²) in [5.41, 5.74) is 1.55. The second-order valence-electron chi connectivity index (χ2n) is 11.1. The first-order valence-electron chi connectivity index (χ1n) is 14.2. The molecule has 0 spiro atoms. The van der Waals surface area contributed by atoms with Crippen LogP contribution in [0.3, 0.4) is 0 Å². The van der Waals surface area contributed by atoms with Crippen LogP contribution in [0, 0.1) is 11.3 Å². The Labute approximate surface area is 243 Å². The highest BCUT2D eigenvalue weighted by molar-refractivity contribution is 5.90. The predicted molar refractivity (Wildman–Crippen MR) is 152 cm³/mol. The minimum absolute atomic E-state index is 0. The zero-order valence-electron chi connectivity index (χ0n) is 23.2. The number of rotatable bonds is 9. The second-order valence-corrected chi connectivity index (χ2v) is 11.1. The zero-order chi connectivity index (χ0) is 29.3. The van der Waals surface area contributed by atoms with E-state index in [1.54, 1.807) is 12.3 Å². The number of nitriles is 1. The molecule has 0 radical (unpaired) electrons. The second kappa shape index (κ2) is 11.3. The summed E-state index contributed by atoms with van der Waals surface area (Å²) < 4.78 is 48.2. The van der Waals surface area contributed by atoms with E-state index in [9.17, 15) is 18.4 Å². The molecule has 0 atom stereocenters. The van der Waals surface area contributed by atoms with Crippen LogP contribution in [0.15, 0.2) is 43.1 Å². The van der Waals surface area contributed by atoms with Crippen LogP contribution in [-0.4, -0.2) is 66.4 Å². The highest BCUT2D eigenvalue weighted by Crippen LogP contribution is 2.39. The fourth-order valence-electron chi connectivity index (χ4n) is 6.09. The van der Waals surface area contributed by atoms with E-state index in [0.717, 1.165) is 54.0 Å². The molecule has 1 saturated carbocycles. The first kappa shape index (κ1) is 28.1. The lowest BCUT2D eigenvalue weighted by atomic mass is 9.82. The summed E-state index contributed by atoms with van der Waals surface area (Å²) in [6.45, 7) is 4.26. The molecule has 2 aliphatic rings. The van der Waals surface area contributed by atoms with Crippen molar-refractivity contribution in [3.05, 3.63) is 54.4 Å². The molecule has 0 amide bonds. The summed E-state index contributed by atoms with van der Waals surface area (Å²) in [5, 5.41) is 18.3. The maximum atomic E-state index is 13.4. The Morgan fingerprint density at radius 1 is 1.21 bits per heavy atom. The first-order valence-corrected chi connectivity index (χ1v) is 14.2. The lowest BCUT2D eigenvalue weighted by Crippen LogP contribution is -2.65. The highest BCUT2D eigenvalue weighted by atomic mass is 19.4. The standard InChI is InChI=1S/C29H32F3N9O.2H2/c1-2-34-13-19-11-24(29(30,31)32)39-25(12-19)42-22-5-3-21(4-6-22)40-16-28(17-40,8-9-33)41-15-20(14-38-41)26-23-7-10-35-27(23)37-18-36-26;;/h7,10-12,14-15,18,21-22,34H,2-6,8,13,16-17H2,1H3,(H,35,36,37);2*1H. The van der Waals surface area contributed by atoms with E-state index in [4.69, 9.17) is 4.74 Å². The van der Waals surface area contributed by atoms with E-state index in [0.29, 0.717) is 44.2 Å². The van der Waals surface area contributed by atoms with Crippen LogP contribution >= 0.6 is 0 Å². The molecule has 4 aromatic rings. The normalized spacial score (nSPS) is 20.7. The maximum Gasteiger partial charge on any atom is 0.433 e. The lowest BCUT2D eigenvalue weighted by Gasteiger charge is -2.53. The largest absolute Gasteiger partial charge is 0.474 e. The third-order valence-electron chi connectivity index (χ3n) is 8.28. The van der Waals surface area contributed by atoms with E-state index < -0.39 is 17.4 Å². The number of ether oxygens (including phenoxy) is 1. The van der Waals surface area contributed by atoms with Gasteiger partial charge in [0.2, 0.25) is 5.88 Å². The molecule has 0 bridgehead atoms. The van der Waals surface area contributed by atoms with Crippen molar-refractivity contribution >= 4 is 11.0 Å². The molecule has 224 valence electrons. The van der Waals surface area contributed by atoms with Gasteiger partial charge < -0.3 is 15.0 Å². The fraction of sp³-hybridized carbons (Fsp3) is 0.483. The SMILES string of the molecule is CCNCc1cc(OC2CCC(N3CC(CC#N)(n4cc(-c5ncnc6[nH]ccc56)cn4)C3)CC2)nc(C(F)(F)F)c1.[HH].[HH]. The molecule has 1 saturated heterocycles. The molecule has 0 unspecified atom stereocenters. The number of H-pyrrole nitrogens is 1. The maximum absolute atomic E-state index is 13.4. The summed E-state index contributed by atoms with van der Waals surface area (Å²) in [4.78, 5) is 18.0. The third kappa shape index (κ3) is 5.56. The summed E-state index contributed by atoms with van der Waals surface area (Å²) in [5.74, 6) is 0.0215. The number of pyridine rings is 1. The van der Waals surface area contributed by atoms with Crippen molar-refractivity contribution < 1.29 is 20.8 Å². The topological polar surface area (TPSA) is 121 Å². The monoisotopic (exact) mass is 583 g/mol. The molecule has 10 nitrogen and oxygen atoms in total. The Bertz CT molecular complexity index is 1590. The van der Waals surface area contributed by atoms with Gasteiger partial charge in [0.15, 0.2) is 0 Å². The Morgan fingerprint density at radius 2 is 2.02 bits per heavy atom. The van der Waals surface area contributed by atoms with Gasteiger partial charge in [0.25, 0.3) is 0 Å². The van der Waals surface area contributed by atoms with E-state index in [2.05, 4.69) is 41.3 Å². The van der Waals surface area contributed by atoms with Crippen molar-refractivity contribution in [1.29, 1.82) is 5.26 Å². The Balaban J connectivity index is 0.00000221. The van der Waals surface area contributed by atoms with E-state index >= 15 is 0 Å². The number of aromatic amines is 1. The van der Waals surface area contributed by atoms with Gasteiger partial charge in [-0.25, -0.2) is 15.0 Å². The van der Waals surface area contributed by atoms with Crippen LogP contribution in [0.5, 0.6) is 5.88 Å². The molecular weight excluding hydrogens is 547 g/mol. The molecule has 0 aromatic carbocycles. The number of nitrogens with one attached hydrogen (secondary N) is 2. The smallest absolute Gasteiger partial charge is 0.433 e. The van der Waals surface area contributed by atoms with Crippen LogP contribution in [0.2, 0.25) is 0 Å². The minimum atomic E-state index is -4.54. The molecule has 5 heterocycles. The van der Waals surface area contributed by atoms with E-state index in [1.165, 1.54) is 6.33 Å². The van der Waals surface area contributed by atoms with Gasteiger partial charge in [-0.1, -0.05) is 6.92 Å². The van der Waals surface area contributed by atoms with Gasteiger partial charge in [-0.2, -0.15) is 23.5 Å². The number of nitrogens with zero attached hydrogens (tertiary/aromatic N) is 7. The Hall–Kier alpha value is -4.02. The Kier molecular flexibility index (Phi) is 7.59. The molecule has 2 fully saturated rings. The quantitative estimate of drug-likeness (QED) is 0.278. The summed E-state index contributed by atoms with van der Waals surface area (Å²) in [6, 6.07) is 7.25. The first-order chi connectivity index (χ1) is 20.3. The van der Waals surface area contributed by atoms with Crippen molar-refractivity contribution in [2.75, 3.05) is 19.6 Å². The number of aromatic nitrogens is 6. The van der Waals surface area contributed by atoms with Gasteiger partial charge in [0.05, 0.1) is 24.4 Å². The van der Waals surface area contributed by atoms with Crippen LogP contribution in [0.4, 0.5) is 13.2 Å². The Morgan fingerprint density at radius 3 is 2.76 bits per heavy atom. The number of alkyl halides is 3. The molecule has 1 aliphatic heterocycles. The summed E-state index contributed by atoms with van der Waals surface area (Å²) >= 11 is 0. The van der Waals surface area contributed by atoms with Crippen LogP contribution in [0.25, 0.3) is 22.3 Å². The number of likely N-dealkylation sites (tertiary alicyclic amines) is 1. The van der Waals surface area contributed by atoms with Crippen LogP contribution in [0.1, 0.15) is 53.1 Å². The van der Waals surface area contributed by atoms with Crippen molar-refractivity contribution in [3.8, 4) is 23.2 Å². The van der Waals surface area contributed by atoms with Crippen molar-refractivity contribution in [1.82, 2.24) is 39.9 Å². The third-order valence-corrected chi connectivity index (χ3v) is 8.28. The van der Waals surface area contributed by atoms with Gasteiger partial charge in [0, 0.05) is 57.9 Å². The van der Waals surface area contributed by atoms with Gasteiger partial charge in [-0.3, -0.25) is 9.58 Å². The van der Waals surface area contributed by atoms with Crippen LogP contribution < -0.4 is 10.1 Å². The van der Waals surface area contributed by atoms with Crippen molar-refractivity contribution in [3.63, 3.8) is 0 Å². The van der Waals surface area contributed by atoms with E-state index in [-0.39, 0.29) is 14.8 Å². The zero-order valence-corrected chi connectivity index (χ0v) is 23.2. The average molecular weight is 584 g/mol. The fourth-order valence-corrected chi connectivity index (χ4v) is 6.09. The summed E-state index contributed by atoms with van der Waals surface area (Å²) in [6.07, 6.45) is 5.84. The molecular formula is C29H36F3N9O. The number of hydrogen-bond donors (Lipinski definition) is 2. The average Bonchev–Trinajstić information content (AvgIpc) is 3.64. The highest BCUT2D eigenvalue weighted by Gasteiger charge is 2.48. The lowest BCUT2D eigenvalue weighted by molar-refractivity contribution is -0.141. The molecule has 13 heteroatoms. The molecule has 6 rings (SSSR count).